The van der Waals surface area contributed by atoms with E-state index < -0.39 is 5.91 Å². The quantitative estimate of drug-likeness (QED) is 0.442. The van der Waals surface area contributed by atoms with Gasteiger partial charge in [0.05, 0.1) is 16.3 Å². The maximum absolute atomic E-state index is 11.7. The van der Waals surface area contributed by atoms with Crippen LogP contribution in [0.25, 0.3) is 0 Å². The highest BCUT2D eigenvalue weighted by Gasteiger charge is 2.09. The van der Waals surface area contributed by atoms with Crippen LogP contribution in [0, 0.1) is 3.77 Å². The van der Waals surface area contributed by atoms with E-state index in [-0.39, 0.29) is 11.3 Å². The van der Waals surface area contributed by atoms with Crippen molar-refractivity contribution in [3.8, 4) is 5.75 Å². The second-order valence-electron chi connectivity index (χ2n) is 3.49. The fourth-order valence-electron chi connectivity index (χ4n) is 1.31. The summed E-state index contributed by atoms with van der Waals surface area (Å²) in [6, 6.07) is 7.97. The van der Waals surface area contributed by atoms with Crippen molar-refractivity contribution >= 4 is 50.6 Å². The molecule has 0 aliphatic rings. The second kappa shape index (κ2) is 6.20. The highest BCUT2D eigenvalue weighted by molar-refractivity contribution is 14.1. The molecular weight excluding hydrogens is 427 g/mol. The van der Waals surface area contributed by atoms with Gasteiger partial charge in [0.25, 0.3) is 5.91 Å². The monoisotopic (exact) mass is 434 g/mol. The van der Waals surface area contributed by atoms with E-state index in [4.69, 9.17) is 4.42 Å². The SMILES string of the molecule is O=C(N/N=C/c1cc(Br)c(I)o1)c1ccccc1O. The lowest BCUT2D eigenvalue weighted by atomic mass is 10.2. The number of phenolic OH excluding ortho intramolecular Hbond substituents is 1. The number of carbonyl (C=O) groups is 1. The van der Waals surface area contributed by atoms with E-state index >= 15 is 0 Å². The maximum Gasteiger partial charge on any atom is 0.275 e. The molecule has 0 aliphatic heterocycles. The molecule has 2 N–H and O–H groups in total. The molecule has 0 fully saturated rings. The average Bonchev–Trinajstić information content (AvgIpc) is 2.69. The number of hydrazone groups is 1. The van der Waals surface area contributed by atoms with Crippen molar-refractivity contribution in [2.75, 3.05) is 0 Å². The third-order valence-corrected chi connectivity index (χ3v) is 4.30. The fraction of sp³-hybridized carbons (Fsp3) is 0. The van der Waals surface area contributed by atoms with Crippen LogP contribution in [0.5, 0.6) is 5.75 Å². The molecule has 0 aliphatic carbocycles. The number of benzene rings is 1. The predicted octanol–water partition coefficient (Wildman–Crippen LogP) is 3.12. The van der Waals surface area contributed by atoms with Crippen LogP contribution >= 0.6 is 38.5 Å². The number of hydrogen-bond acceptors (Lipinski definition) is 4. The van der Waals surface area contributed by atoms with Gasteiger partial charge in [-0.05, 0) is 28.1 Å². The van der Waals surface area contributed by atoms with E-state index in [1.807, 2.05) is 22.6 Å². The predicted molar refractivity (Wildman–Crippen MR) is 82.3 cm³/mol. The molecule has 0 unspecified atom stereocenters. The molecule has 0 radical (unpaired) electrons. The Hall–Kier alpha value is -1.35. The van der Waals surface area contributed by atoms with Crippen LogP contribution in [0.3, 0.4) is 0 Å². The first-order chi connectivity index (χ1) is 9.08. The lowest BCUT2D eigenvalue weighted by molar-refractivity contribution is 0.0952. The first kappa shape index (κ1) is 14.1. The lowest BCUT2D eigenvalue weighted by Crippen LogP contribution is -2.17. The minimum atomic E-state index is -0.491. The van der Waals surface area contributed by atoms with Crippen molar-refractivity contribution in [3.05, 3.63) is 49.9 Å². The Bertz CT molecular complexity index is 620. The number of nitrogens with one attached hydrogen (secondary N) is 1. The molecule has 0 atom stereocenters. The Labute approximate surface area is 131 Å². The van der Waals surface area contributed by atoms with Crippen molar-refractivity contribution in [2.24, 2.45) is 5.10 Å². The molecule has 0 spiro atoms. The van der Waals surface area contributed by atoms with E-state index in [2.05, 4.69) is 26.5 Å². The van der Waals surface area contributed by atoms with Gasteiger partial charge in [-0.3, -0.25) is 4.79 Å². The molecule has 1 amide bonds. The third kappa shape index (κ3) is 3.57. The minimum absolute atomic E-state index is 0.0921. The van der Waals surface area contributed by atoms with E-state index in [1.165, 1.54) is 18.3 Å². The summed E-state index contributed by atoms with van der Waals surface area (Å²) in [6.07, 6.45) is 1.38. The highest BCUT2D eigenvalue weighted by atomic mass is 127. The van der Waals surface area contributed by atoms with Crippen molar-refractivity contribution in [3.63, 3.8) is 0 Å². The number of para-hydroxylation sites is 1. The summed E-state index contributed by atoms with van der Waals surface area (Å²) in [4.78, 5) is 11.7. The molecule has 98 valence electrons. The van der Waals surface area contributed by atoms with Crippen LogP contribution in [0.4, 0.5) is 0 Å². The average molecular weight is 435 g/mol. The Morgan fingerprint density at radius 2 is 2.21 bits per heavy atom. The standard InChI is InChI=1S/C12H8BrIN2O3/c13-9-5-7(19-11(9)14)6-15-16-12(18)8-3-1-2-4-10(8)17/h1-6,17H,(H,16,18)/b15-6+. The largest absolute Gasteiger partial charge is 0.507 e. The molecule has 0 saturated carbocycles. The number of halogens is 2. The van der Waals surface area contributed by atoms with Gasteiger partial charge in [-0.2, -0.15) is 5.10 Å². The summed E-state index contributed by atoms with van der Waals surface area (Å²) in [5.41, 5.74) is 2.47. The van der Waals surface area contributed by atoms with Gasteiger partial charge in [0.1, 0.15) is 11.5 Å². The molecule has 2 aromatic rings. The molecule has 7 heteroatoms. The van der Waals surface area contributed by atoms with Gasteiger partial charge < -0.3 is 9.52 Å². The molecule has 0 bridgehead atoms. The van der Waals surface area contributed by atoms with Gasteiger partial charge in [0, 0.05) is 28.7 Å². The smallest absolute Gasteiger partial charge is 0.275 e. The van der Waals surface area contributed by atoms with Gasteiger partial charge in [0.2, 0.25) is 0 Å². The summed E-state index contributed by atoms with van der Waals surface area (Å²) in [5.74, 6) is -0.0750. The van der Waals surface area contributed by atoms with Gasteiger partial charge >= 0.3 is 0 Å². The van der Waals surface area contributed by atoms with Gasteiger partial charge in [-0.1, -0.05) is 12.1 Å². The molecule has 2 rings (SSSR count). The summed E-state index contributed by atoms with van der Waals surface area (Å²) in [7, 11) is 0. The molecule has 1 heterocycles. The number of phenols is 1. The second-order valence-corrected chi connectivity index (χ2v) is 5.32. The topological polar surface area (TPSA) is 74.8 Å². The zero-order valence-electron chi connectivity index (χ0n) is 9.43. The van der Waals surface area contributed by atoms with Crippen molar-refractivity contribution in [2.45, 2.75) is 0 Å². The minimum Gasteiger partial charge on any atom is -0.507 e. The number of aromatic hydroxyl groups is 1. The van der Waals surface area contributed by atoms with Crippen LogP contribution in [0.1, 0.15) is 16.1 Å². The summed E-state index contributed by atoms with van der Waals surface area (Å²) < 4.78 is 6.84. The normalized spacial score (nSPS) is 10.8. The third-order valence-electron chi connectivity index (χ3n) is 2.17. The van der Waals surface area contributed by atoms with Crippen molar-refractivity contribution in [1.29, 1.82) is 0 Å². The maximum atomic E-state index is 11.7. The van der Waals surface area contributed by atoms with Crippen molar-refractivity contribution in [1.82, 2.24) is 5.43 Å². The Balaban J connectivity index is 2.03. The summed E-state index contributed by atoms with van der Waals surface area (Å²) >= 11 is 5.33. The van der Waals surface area contributed by atoms with E-state index in [1.54, 1.807) is 18.2 Å². The van der Waals surface area contributed by atoms with E-state index in [9.17, 15) is 9.90 Å². The van der Waals surface area contributed by atoms with Crippen molar-refractivity contribution < 1.29 is 14.3 Å². The summed E-state index contributed by atoms with van der Waals surface area (Å²) in [6.45, 7) is 0. The summed E-state index contributed by atoms with van der Waals surface area (Å²) in [5, 5.41) is 13.3. The van der Waals surface area contributed by atoms with E-state index in [0.29, 0.717) is 9.53 Å². The van der Waals surface area contributed by atoms with Crippen LogP contribution in [0.15, 0.2) is 44.3 Å². The molecule has 1 aromatic heterocycles. The number of rotatable bonds is 3. The van der Waals surface area contributed by atoms with Gasteiger partial charge in [0.15, 0.2) is 3.77 Å². The van der Waals surface area contributed by atoms with E-state index in [0.717, 1.165) is 4.47 Å². The van der Waals surface area contributed by atoms with Crippen LogP contribution in [-0.4, -0.2) is 17.2 Å². The lowest BCUT2D eigenvalue weighted by Gasteiger charge is -2.01. The number of amides is 1. The number of carbonyl (C=O) groups excluding carboxylic acids is 1. The molecule has 19 heavy (non-hydrogen) atoms. The Morgan fingerprint density at radius 1 is 1.47 bits per heavy atom. The Kier molecular flexibility index (Phi) is 4.59. The zero-order chi connectivity index (χ0) is 13.8. The highest BCUT2D eigenvalue weighted by Crippen LogP contribution is 2.22. The molecular formula is C12H8BrIN2O3. The number of hydrogen-bond donors (Lipinski definition) is 2. The fourth-order valence-corrected chi connectivity index (χ4v) is 2.02. The van der Waals surface area contributed by atoms with Crippen LogP contribution in [-0.2, 0) is 0 Å². The van der Waals surface area contributed by atoms with Gasteiger partial charge in [-0.25, -0.2) is 5.43 Å². The number of furan rings is 1. The number of nitrogens with zero attached hydrogens (tertiary/aromatic N) is 1. The first-order valence-corrected chi connectivity index (χ1v) is 7.01. The van der Waals surface area contributed by atoms with Gasteiger partial charge in [-0.15, -0.1) is 0 Å². The molecule has 0 saturated heterocycles. The van der Waals surface area contributed by atoms with Crippen LogP contribution < -0.4 is 5.43 Å². The first-order valence-electron chi connectivity index (χ1n) is 5.14. The molecule has 5 nitrogen and oxygen atoms in total. The molecule has 1 aromatic carbocycles. The van der Waals surface area contributed by atoms with Crippen LogP contribution in [0.2, 0.25) is 0 Å². The Morgan fingerprint density at radius 3 is 2.84 bits per heavy atom. The zero-order valence-corrected chi connectivity index (χ0v) is 13.2.